The summed E-state index contributed by atoms with van der Waals surface area (Å²) in [6.45, 7) is 8.83. The van der Waals surface area contributed by atoms with Crippen LogP contribution < -0.4 is 25.0 Å². The van der Waals surface area contributed by atoms with Crippen LogP contribution in [0.25, 0.3) is 0 Å². The lowest BCUT2D eigenvalue weighted by Crippen LogP contribution is -2.44. The molecule has 1 aromatic rings. The maximum Gasteiger partial charge on any atom is 0.191 e. The number of ether oxygens (including phenoxy) is 4. The lowest BCUT2D eigenvalue weighted by Gasteiger charge is -2.21. The Balaban J connectivity index is 0.00000363. The highest BCUT2D eigenvalue weighted by atomic mass is 127. The van der Waals surface area contributed by atoms with Crippen molar-refractivity contribution in [2.45, 2.75) is 32.2 Å². The Labute approximate surface area is 209 Å². The average molecular weight is 562 g/mol. The van der Waals surface area contributed by atoms with E-state index in [-0.39, 0.29) is 24.0 Å². The number of methoxy groups -OCH3 is 2. The molecule has 2 atom stereocenters. The summed E-state index contributed by atoms with van der Waals surface area (Å²) in [4.78, 5) is 7.08. The smallest absolute Gasteiger partial charge is 0.191 e. The van der Waals surface area contributed by atoms with E-state index in [4.69, 9.17) is 23.9 Å². The Kier molecular flexibility index (Phi) is 12.3. The van der Waals surface area contributed by atoms with Gasteiger partial charge in [-0.2, -0.15) is 0 Å². The van der Waals surface area contributed by atoms with Crippen LogP contribution in [0.15, 0.2) is 23.2 Å². The molecular formula is C23H39IN4O4. The molecule has 8 nitrogen and oxygen atoms in total. The number of guanidine groups is 1. The van der Waals surface area contributed by atoms with Crippen molar-refractivity contribution in [1.29, 1.82) is 0 Å². The van der Waals surface area contributed by atoms with Gasteiger partial charge >= 0.3 is 0 Å². The van der Waals surface area contributed by atoms with E-state index in [1.807, 2.05) is 6.07 Å². The minimum atomic E-state index is 0. The summed E-state index contributed by atoms with van der Waals surface area (Å²) >= 11 is 0. The van der Waals surface area contributed by atoms with Gasteiger partial charge in [-0.1, -0.05) is 0 Å². The van der Waals surface area contributed by atoms with Crippen LogP contribution in [-0.2, 0) is 9.47 Å². The fourth-order valence-corrected chi connectivity index (χ4v) is 3.92. The number of aliphatic imine (C=N–C) groups is 1. The van der Waals surface area contributed by atoms with Crippen molar-refractivity contribution < 1.29 is 18.9 Å². The molecule has 2 N–H and O–H groups in total. The SMILES string of the molecule is CCNC(=NCCCOCC1CCOC1)NC1CCN(c2cc(OC)cc(OC)c2)C1.I. The first kappa shape index (κ1) is 26.8. The highest BCUT2D eigenvalue weighted by Crippen LogP contribution is 2.30. The van der Waals surface area contributed by atoms with Crippen LogP contribution in [0.2, 0.25) is 0 Å². The minimum Gasteiger partial charge on any atom is -0.497 e. The first-order valence-corrected chi connectivity index (χ1v) is 11.4. The van der Waals surface area contributed by atoms with Crippen LogP contribution >= 0.6 is 24.0 Å². The van der Waals surface area contributed by atoms with Crippen molar-refractivity contribution in [3.63, 3.8) is 0 Å². The van der Waals surface area contributed by atoms with Crippen molar-refractivity contribution in [2.75, 3.05) is 71.7 Å². The molecule has 2 unspecified atom stereocenters. The fourth-order valence-electron chi connectivity index (χ4n) is 3.92. The second-order valence-corrected chi connectivity index (χ2v) is 8.07. The van der Waals surface area contributed by atoms with Gasteiger partial charge in [0.25, 0.3) is 0 Å². The molecule has 0 spiro atoms. The molecule has 0 amide bonds. The Hall–Kier alpha value is -1.46. The molecule has 0 bridgehead atoms. The maximum atomic E-state index is 5.78. The van der Waals surface area contributed by atoms with E-state index < -0.39 is 0 Å². The van der Waals surface area contributed by atoms with Crippen molar-refractivity contribution in [2.24, 2.45) is 10.9 Å². The molecule has 2 fully saturated rings. The molecular weight excluding hydrogens is 523 g/mol. The number of benzene rings is 1. The normalized spacial score (nSPS) is 20.7. The molecule has 32 heavy (non-hydrogen) atoms. The summed E-state index contributed by atoms with van der Waals surface area (Å²) in [5.41, 5.74) is 1.12. The molecule has 0 aliphatic carbocycles. The van der Waals surface area contributed by atoms with E-state index in [1.54, 1.807) is 14.2 Å². The van der Waals surface area contributed by atoms with Gasteiger partial charge in [-0.3, -0.25) is 4.99 Å². The van der Waals surface area contributed by atoms with Crippen LogP contribution in [-0.4, -0.2) is 78.8 Å². The monoisotopic (exact) mass is 562 g/mol. The molecule has 2 saturated heterocycles. The van der Waals surface area contributed by atoms with Gasteiger partial charge in [0.2, 0.25) is 0 Å². The predicted molar refractivity (Wildman–Crippen MR) is 139 cm³/mol. The number of halogens is 1. The zero-order chi connectivity index (χ0) is 21.9. The molecule has 2 heterocycles. The van der Waals surface area contributed by atoms with Gasteiger partial charge in [0.05, 0.1) is 27.4 Å². The van der Waals surface area contributed by atoms with E-state index >= 15 is 0 Å². The van der Waals surface area contributed by atoms with E-state index in [0.717, 1.165) is 95.0 Å². The van der Waals surface area contributed by atoms with Gasteiger partial charge in [0, 0.05) is 75.2 Å². The zero-order valence-corrected chi connectivity index (χ0v) is 21.9. The molecule has 0 aromatic heterocycles. The van der Waals surface area contributed by atoms with Gasteiger partial charge in [-0.15, -0.1) is 24.0 Å². The van der Waals surface area contributed by atoms with E-state index in [1.165, 1.54) is 0 Å². The van der Waals surface area contributed by atoms with Gasteiger partial charge in [0.15, 0.2) is 5.96 Å². The van der Waals surface area contributed by atoms with Crippen LogP contribution in [0.4, 0.5) is 5.69 Å². The predicted octanol–water partition coefficient (Wildman–Crippen LogP) is 2.90. The molecule has 2 aliphatic rings. The summed E-state index contributed by atoms with van der Waals surface area (Å²) in [5.74, 6) is 3.06. The lowest BCUT2D eigenvalue weighted by atomic mass is 10.1. The number of hydrogen-bond donors (Lipinski definition) is 2. The van der Waals surface area contributed by atoms with Crippen LogP contribution in [0.5, 0.6) is 11.5 Å². The molecule has 0 saturated carbocycles. The summed E-state index contributed by atoms with van der Waals surface area (Å²) in [7, 11) is 3.36. The van der Waals surface area contributed by atoms with Crippen molar-refractivity contribution in [3.8, 4) is 11.5 Å². The number of anilines is 1. The highest BCUT2D eigenvalue weighted by molar-refractivity contribution is 14.0. The Morgan fingerprint density at radius 3 is 2.62 bits per heavy atom. The molecule has 0 radical (unpaired) electrons. The van der Waals surface area contributed by atoms with Crippen LogP contribution in [0, 0.1) is 5.92 Å². The maximum absolute atomic E-state index is 5.78. The number of nitrogens with one attached hydrogen (secondary N) is 2. The third-order valence-corrected chi connectivity index (χ3v) is 5.67. The Bertz CT molecular complexity index is 678. The van der Waals surface area contributed by atoms with Crippen molar-refractivity contribution >= 4 is 35.6 Å². The molecule has 3 rings (SSSR count). The van der Waals surface area contributed by atoms with E-state index in [2.05, 4.69) is 34.6 Å². The van der Waals surface area contributed by atoms with Crippen molar-refractivity contribution in [1.82, 2.24) is 10.6 Å². The standard InChI is InChI=1S/C23H38N4O4.HI/c1-4-24-23(25-8-5-10-30-16-18-7-11-31-17-18)26-19-6-9-27(15-19)20-12-21(28-2)14-22(13-20)29-3;/h12-14,18-19H,4-11,15-17H2,1-3H3,(H2,24,25,26);1H. The Morgan fingerprint density at radius 1 is 1.19 bits per heavy atom. The number of hydrogen-bond acceptors (Lipinski definition) is 6. The molecule has 182 valence electrons. The largest absolute Gasteiger partial charge is 0.497 e. The fraction of sp³-hybridized carbons (Fsp3) is 0.696. The third-order valence-electron chi connectivity index (χ3n) is 5.67. The quantitative estimate of drug-likeness (QED) is 0.186. The van der Waals surface area contributed by atoms with Crippen LogP contribution in [0.1, 0.15) is 26.2 Å². The summed E-state index contributed by atoms with van der Waals surface area (Å²) in [6.07, 6.45) is 3.09. The third kappa shape index (κ3) is 8.47. The lowest BCUT2D eigenvalue weighted by molar-refractivity contribution is 0.0893. The summed E-state index contributed by atoms with van der Waals surface area (Å²) in [6, 6.07) is 6.36. The van der Waals surface area contributed by atoms with E-state index in [9.17, 15) is 0 Å². The average Bonchev–Trinajstić information content (AvgIpc) is 3.48. The van der Waals surface area contributed by atoms with Gasteiger partial charge in [0.1, 0.15) is 11.5 Å². The summed E-state index contributed by atoms with van der Waals surface area (Å²) < 4.78 is 22.0. The van der Waals surface area contributed by atoms with Gasteiger partial charge in [-0.25, -0.2) is 0 Å². The first-order chi connectivity index (χ1) is 15.2. The second kappa shape index (κ2) is 14.6. The molecule has 9 heteroatoms. The Morgan fingerprint density at radius 2 is 1.97 bits per heavy atom. The first-order valence-electron chi connectivity index (χ1n) is 11.4. The van der Waals surface area contributed by atoms with E-state index in [0.29, 0.717) is 12.0 Å². The van der Waals surface area contributed by atoms with Crippen LogP contribution in [0.3, 0.4) is 0 Å². The van der Waals surface area contributed by atoms with Crippen molar-refractivity contribution in [3.05, 3.63) is 18.2 Å². The number of nitrogens with zero attached hydrogens (tertiary/aromatic N) is 2. The molecule has 2 aliphatic heterocycles. The second-order valence-electron chi connectivity index (χ2n) is 8.07. The van der Waals surface area contributed by atoms with Gasteiger partial charge < -0.3 is 34.5 Å². The summed E-state index contributed by atoms with van der Waals surface area (Å²) in [5, 5.41) is 6.95. The highest BCUT2D eigenvalue weighted by Gasteiger charge is 2.24. The number of rotatable bonds is 11. The molecule has 1 aromatic carbocycles. The van der Waals surface area contributed by atoms with Gasteiger partial charge in [-0.05, 0) is 26.2 Å². The minimum absolute atomic E-state index is 0. The topological polar surface area (TPSA) is 76.6 Å². The zero-order valence-electron chi connectivity index (χ0n) is 19.6.